The Bertz CT molecular complexity index is 564. The van der Waals surface area contributed by atoms with E-state index in [1.165, 1.54) is 0 Å². The molecule has 0 aromatic heterocycles. The number of likely N-dealkylation sites (N-methyl/N-ethyl adjacent to an activating group) is 1. The average Bonchev–Trinajstić information content (AvgIpc) is 2.45. The second-order valence-corrected chi connectivity index (χ2v) is 13.4. The normalized spacial score (nSPS) is 13.9. The lowest BCUT2D eigenvalue weighted by Gasteiger charge is -2.40. The maximum absolute atomic E-state index is 11.3. The van der Waals surface area contributed by atoms with Crippen molar-refractivity contribution in [2.75, 3.05) is 20.6 Å². The zero-order valence-corrected chi connectivity index (χ0v) is 17.9. The first-order valence-corrected chi connectivity index (χ1v) is 12.0. The Morgan fingerprint density at radius 1 is 1.24 bits per heavy atom. The lowest BCUT2D eigenvalue weighted by molar-refractivity contribution is 0.0695. The van der Waals surface area contributed by atoms with Crippen molar-refractivity contribution < 1.29 is 14.3 Å². The van der Waals surface area contributed by atoms with Crippen LogP contribution in [-0.4, -0.2) is 51.0 Å². The van der Waals surface area contributed by atoms with Crippen molar-refractivity contribution in [2.24, 2.45) is 0 Å². The molecule has 0 radical (unpaired) electrons. The predicted octanol–water partition coefficient (Wildman–Crippen LogP) is 4.66. The first kappa shape index (κ1) is 21.9. The summed E-state index contributed by atoms with van der Waals surface area (Å²) in [6.07, 6.45) is 2.83. The van der Waals surface area contributed by atoms with Crippen LogP contribution in [-0.2, 0) is 10.8 Å². The Labute approximate surface area is 154 Å². The van der Waals surface area contributed by atoms with Crippen molar-refractivity contribution in [3.05, 3.63) is 35.4 Å². The van der Waals surface area contributed by atoms with E-state index >= 15 is 0 Å². The third-order valence-electron chi connectivity index (χ3n) is 5.06. The van der Waals surface area contributed by atoms with Crippen LogP contribution in [0.1, 0.15) is 49.5 Å². The van der Waals surface area contributed by atoms with Crippen LogP contribution in [0.4, 0.5) is 0 Å². The molecule has 1 unspecified atom stereocenters. The van der Waals surface area contributed by atoms with Crippen molar-refractivity contribution in [3.8, 4) is 0 Å². The quantitative estimate of drug-likeness (QED) is 0.647. The summed E-state index contributed by atoms with van der Waals surface area (Å²) in [7, 11) is 2.33. The van der Waals surface area contributed by atoms with E-state index < -0.39 is 14.3 Å². The van der Waals surface area contributed by atoms with Gasteiger partial charge in [-0.1, -0.05) is 39.0 Å². The molecule has 0 bridgehead atoms. The van der Waals surface area contributed by atoms with E-state index in [1.807, 2.05) is 12.1 Å². The maximum atomic E-state index is 11.3. The zero-order valence-electron chi connectivity index (χ0n) is 16.9. The molecule has 1 aromatic carbocycles. The van der Waals surface area contributed by atoms with Gasteiger partial charge in [0.2, 0.25) is 0 Å². The summed E-state index contributed by atoms with van der Waals surface area (Å²) < 4.78 is 6.61. The Kier molecular flexibility index (Phi) is 7.84. The summed E-state index contributed by atoms with van der Waals surface area (Å²) in [5.41, 5.74) is 1.32. The van der Waals surface area contributed by atoms with E-state index in [2.05, 4.69) is 52.9 Å². The van der Waals surface area contributed by atoms with Gasteiger partial charge in [-0.25, -0.2) is 4.79 Å². The van der Waals surface area contributed by atoms with Gasteiger partial charge in [0.25, 0.3) is 0 Å². The molecule has 0 amide bonds. The second-order valence-electron chi connectivity index (χ2n) is 8.62. The number of aromatic carboxylic acids is 1. The number of carboxylic acids is 1. The number of rotatable bonds is 9. The molecule has 0 spiro atoms. The smallest absolute Gasteiger partial charge is 0.335 e. The summed E-state index contributed by atoms with van der Waals surface area (Å²) >= 11 is 0. The SMILES string of the molecule is CN(C)CC(CCCc1ccccc1C(=O)O)O[Si](C)(C)C(C)(C)C. The number of hydrogen-bond acceptors (Lipinski definition) is 3. The minimum Gasteiger partial charge on any atom is -0.478 e. The molecule has 0 saturated heterocycles. The third kappa shape index (κ3) is 6.92. The highest BCUT2D eigenvalue weighted by Gasteiger charge is 2.39. The van der Waals surface area contributed by atoms with Crippen molar-refractivity contribution >= 4 is 14.3 Å². The third-order valence-corrected chi connectivity index (χ3v) is 9.59. The number of benzene rings is 1. The second kappa shape index (κ2) is 8.97. The fourth-order valence-corrected chi connectivity index (χ4v) is 4.03. The number of hydrogen-bond donors (Lipinski definition) is 1. The molecule has 0 aliphatic heterocycles. The van der Waals surface area contributed by atoms with Crippen molar-refractivity contribution in [1.82, 2.24) is 4.90 Å². The van der Waals surface area contributed by atoms with E-state index in [-0.39, 0.29) is 11.1 Å². The van der Waals surface area contributed by atoms with Gasteiger partial charge in [-0.2, -0.15) is 0 Å². The molecule has 142 valence electrons. The molecular formula is C20H35NO3Si. The van der Waals surface area contributed by atoms with Gasteiger partial charge in [0, 0.05) is 6.54 Å². The van der Waals surface area contributed by atoms with Crippen LogP contribution >= 0.6 is 0 Å². The minimum atomic E-state index is -1.81. The maximum Gasteiger partial charge on any atom is 0.335 e. The largest absolute Gasteiger partial charge is 0.478 e. The molecule has 1 rings (SSSR count). The molecule has 0 fully saturated rings. The van der Waals surface area contributed by atoms with Crippen LogP contribution in [0.5, 0.6) is 0 Å². The summed E-state index contributed by atoms with van der Waals surface area (Å²) in [5, 5.41) is 9.50. The van der Waals surface area contributed by atoms with Crippen LogP contribution in [0.25, 0.3) is 0 Å². The van der Waals surface area contributed by atoms with Gasteiger partial charge in [-0.3, -0.25) is 0 Å². The Balaban J connectivity index is 2.73. The van der Waals surface area contributed by atoms with Crippen molar-refractivity contribution in [1.29, 1.82) is 0 Å². The first-order chi connectivity index (χ1) is 11.4. The monoisotopic (exact) mass is 365 g/mol. The van der Waals surface area contributed by atoms with Gasteiger partial charge in [0.1, 0.15) is 0 Å². The molecular weight excluding hydrogens is 330 g/mol. The van der Waals surface area contributed by atoms with Gasteiger partial charge >= 0.3 is 5.97 Å². The number of carboxylic acid groups (broad SMARTS) is 1. The van der Waals surface area contributed by atoms with Gasteiger partial charge < -0.3 is 14.4 Å². The Morgan fingerprint density at radius 2 is 1.84 bits per heavy atom. The standard InChI is InChI=1S/C20H35NO3Si/c1-20(2,3)25(6,7)24-17(15-21(4)5)13-10-12-16-11-8-9-14-18(16)19(22)23/h8-9,11,14,17H,10,12-13,15H2,1-7H3,(H,22,23). The van der Waals surface area contributed by atoms with Crippen LogP contribution in [0.2, 0.25) is 18.1 Å². The molecule has 1 aromatic rings. The van der Waals surface area contributed by atoms with E-state index in [1.54, 1.807) is 12.1 Å². The summed E-state index contributed by atoms with van der Waals surface area (Å²) in [6, 6.07) is 7.29. The molecule has 0 aliphatic rings. The molecule has 5 heteroatoms. The van der Waals surface area contributed by atoms with Crippen LogP contribution in [0.15, 0.2) is 24.3 Å². The van der Waals surface area contributed by atoms with Gasteiger partial charge in [-0.05, 0) is 63.1 Å². The topological polar surface area (TPSA) is 49.8 Å². The van der Waals surface area contributed by atoms with Crippen molar-refractivity contribution in [2.45, 2.75) is 64.3 Å². The number of aryl methyl sites for hydroxylation is 1. The molecule has 1 atom stereocenters. The predicted molar refractivity (Wildman–Crippen MR) is 107 cm³/mol. The fourth-order valence-electron chi connectivity index (χ4n) is 2.66. The molecule has 25 heavy (non-hydrogen) atoms. The van der Waals surface area contributed by atoms with Gasteiger partial charge in [0.05, 0.1) is 11.7 Å². The number of nitrogens with zero attached hydrogens (tertiary/aromatic N) is 1. The minimum absolute atomic E-state index is 0.188. The van der Waals surface area contributed by atoms with E-state index in [0.29, 0.717) is 5.56 Å². The summed E-state index contributed by atoms with van der Waals surface area (Å²) in [4.78, 5) is 13.5. The summed E-state index contributed by atoms with van der Waals surface area (Å²) in [5.74, 6) is -0.849. The highest BCUT2D eigenvalue weighted by atomic mass is 28.4. The highest BCUT2D eigenvalue weighted by Crippen LogP contribution is 2.37. The zero-order chi connectivity index (χ0) is 19.3. The lowest BCUT2D eigenvalue weighted by Crippen LogP contribution is -2.46. The van der Waals surface area contributed by atoms with Crippen LogP contribution in [0.3, 0.4) is 0 Å². The van der Waals surface area contributed by atoms with Gasteiger partial charge in [-0.15, -0.1) is 0 Å². The fraction of sp³-hybridized carbons (Fsp3) is 0.650. The molecule has 1 N–H and O–H groups in total. The molecule has 0 saturated carbocycles. The van der Waals surface area contributed by atoms with Crippen molar-refractivity contribution in [3.63, 3.8) is 0 Å². The van der Waals surface area contributed by atoms with Gasteiger partial charge in [0.15, 0.2) is 8.32 Å². The molecule has 4 nitrogen and oxygen atoms in total. The van der Waals surface area contributed by atoms with E-state index in [0.717, 1.165) is 31.4 Å². The number of carbonyl (C=O) groups is 1. The first-order valence-electron chi connectivity index (χ1n) is 9.08. The highest BCUT2D eigenvalue weighted by molar-refractivity contribution is 6.74. The van der Waals surface area contributed by atoms with E-state index in [4.69, 9.17) is 4.43 Å². The Hall–Kier alpha value is -1.17. The van der Waals surface area contributed by atoms with Crippen LogP contribution in [0, 0.1) is 0 Å². The van der Waals surface area contributed by atoms with Crippen LogP contribution < -0.4 is 0 Å². The molecule has 0 heterocycles. The Morgan fingerprint density at radius 3 is 2.36 bits per heavy atom. The molecule has 0 aliphatic carbocycles. The average molecular weight is 366 g/mol. The van der Waals surface area contributed by atoms with E-state index in [9.17, 15) is 9.90 Å². The lowest BCUT2D eigenvalue weighted by atomic mass is 10.0. The summed E-state index contributed by atoms with van der Waals surface area (Å²) in [6.45, 7) is 12.2.